The Morgan fingerprint density at radius 2 is 1.68 bits per heavy atom. The maximum atomic E-state index is 12.6. The van der Waals surface area contributed by atoms with E-state index in [0.29, 0.717) is 23.7 Å². The van der Waals surface area contributed by atoms with Crippen LogP contribution in [0.5, 0.6) is 0 Å². The number of para-hydroxylation sites is 1. The summed E-state index contributed by atoms with van der Waals surface area (Å²) in [5.74, 6) is 0.00483. The minimum atomic E-state index is 0.00483. The summed E-state index contributed by atoms with van der Waals surface area (Å²) >= 11 is 9.54. The quantitative estimate of drug-likeness (QED) is 0.785. The third kappa shape index (κ3) is 3.28. The Morgan fingerprint density at radius 1 is 1.00 bits per heavy atom. The highest BCUT2D eigenvalue weighted by atomic mass is 79.9. The molecular formula is C17H16BrClN2O. The van der Waals surface area contributed by atoms with Gasteiger partial charge < -0.3 is 9.80 Å². The second-order valence-corrected chi connectivity index (χ2v) is 6.56. The largest absolute Gasteiger partial charge is 0.368 e. The number of carbonyl (C=O) groups excluding carboxylic acids is 1. The molecule has 0 unspecified atom stereocenters. The number of amides is 1. The van der Waals surface area contributed by atoms with Crippen LogP contribution in [0.1, 0.15) is 10.4 Å². The van der Waals surface area contributed by atoms with Gasteiger partial charge in [0.15, 0.2) is 0 Å². The summed E-state index contributed by atoms with van der Waals surface area (Å²) in [6.45, 7) is 3.09. The van der Waals surface area contributed by atoms with E-state index in [1.165, 1.54) is 5.69 Å². The smallest absolute Gasteiger partial charge is 0.255 e. The molecule has 1 amide bonds. The van der Waals surface area contributed by atoms with Gasteiger partial charge in [-0.05, 0) is 30.3 Å². The van der Waals surface area contributed by atoms with Crippen molar-refractivity contribution in [3.05, 3.63) is 63.6 Å². The van der Waals surface area contributed by atoms with E-state index in [4.69, 9.17) is 11.6 Å². The zero-order valence-electron chi connectivity index (χ0n) is 12.0. The number of hydrogen-bond acceptors (Lipinski definition) is 2. The molecule has 22 heavy (non-hydrogen) atoms. The monoisotopic (exact) mass is 378 g/mol. The molecule has 1 saturated heterocycles. The molecule has 0 aliphatic carbocycles. The molecule has 5 heteroatoms. The maximum Gasteiger partial charge on any atom is 0.255 e. The Kier molecular flexibility index (Phi) is 4.69. The molecule has 0 aromatic heterocycles. The van der Waals surface area contributed by atoms with Gasteiger partial charge in [0, 0.05) is 36.3 Å². The van der Waals surface area contributed by atoms with Crippen molar-refractivity contribution < 1.29 is 4.79 Å². The van der Waals surface area contributed by atoms with Gasteiger partial charge in [0.25, 0.3) is 5.91 Å². The average molecular weight is 380 g/mol. The number of carbonyl (C=O) groups is 1. The number of halogens is 2. The average Bonchev–Trinajstić information content (AvgIpc) is 2.55. The van der Waals surface area contributed by atoms with Gasteiger partial charge in [-0.15, -0.1) is 0 Å². The second-order valence-electron chi connectivity index (χ2n) is 5.24. The number of benzene rings is 2. The Morgan fingerprint density at radius 3 is 2.32 bits per heavy atom. The summed E-state index contributed by atoms with van der Waals surface area (Å²) in [6, 6.07) is 15.7. The van der Waals surface area contributed by atoms with Crippen LogP contribution in [-0.2, 0) is 0 Å². The minimum Gasteiger partial charge on any atom is -0.368 e. The van der Waals surface area contributed by atoms with Gasteiger partial charge in [0.05, 0.1) is 10.6 Å². The number of rotatable bonds is 2. The second kappa shape index (κ2) is 6.71. The van der Waals surface area contributed by atoms with Gasteiger partial charge in [-0.3, -0.25) is 4.79 Å². The fourth-order valence-corrected chi connectivity index (χ4v) is 3.39. The molecule has 1 aliphatic rings. The van der Waals surface area contributed by atoms with Gasteiger partial charge in [0.1, 0.15) is 0 Å². The molecule has 3 nitrogen and oxygen atoms in total. The van der Waals surface area contributed by atoms with E-state index in [1.807, 2.05) is 29.2 Å². The predicted octanol–water partition coefficient (Wildman–Crippen LogP) is 4.06. The summed E-state index contributed by atoms with van der Waals surface area (Å²) in [5, 5.41) is 0.491. The van der Waals surface area contributed by atoms with Crippen molar-refractivity contribution in [1.29, 1.82) is 0 Å². The van der Waals surface area contributed by atoms with Crippen molar-refractivity contribution in [3.8, 4) is 0 Å². The van der Waals surface area contributed by atoms with E-state index >= 15 is 0 Å². The SMILES string of the molecule is O=C(c1ccc(Br)cc1Cl)N1CCN(c2ccccc2)CC1. The van der Waals surface area contributed by atoms with Crippen molar-refractivity contribution >= 4 is 39.1 Å². The fraction of sp³-hybridized carbons (Fsp3) is 0.235. The Balaban J connectivity index is 1.67. The highest BCUT2D eigenvalue weighted by Gasteiger charge is 2.23. The summed E-state index contributed by atoms with van der Waals surface area (Å²) in [7, 11) is 0. The van der Waals surface area contributed by atoms with Crippen LogP contribution in [0.15, 0.2) is 53.0 Å². The molecule has 0 radical (unpaired) electrons. The van der Waals surface area contributed by atoms with Crippen molar-refractivity contribution in [2.24, 2.45) is 0 Å². The van der Waals surface area contributed by atoms with Gasteiger partial charge in [-0.2, -0.15) is 0 Å². The van der Waals surface area contributed by atoms with Crippen molar-refractivity contribution in [3.63, 3.8) is 0 Å². The van der Waals surface area contributed by atoms with E-state index in [9.17, 15) is 4.79 Å². The first kappa shape index (κ1) is 15.4. The molecule has 1 heterocycles. The van der Waals surface area contributed by atoms with Crippen molar-refractivity contribution in [2.45, 2.75) is 0 Å². The van der Waals surface area contributed by atoms with E-state index in [2.05, 4.69) is 33.0 Å². The van der Waals surface area contributed by atoms with Crippen LogP contribution in [0.4, 0.5) is 5.69 Å². The highest BCUT2D eigenvalue weighted by Crippen LogP contribution is 2.23. The van der Waals surface area contributed by atoms with E-state index in [-0.39, 0.29) is 5.91 Å². The van der Waals surface area contributed by atoms with Crippen LogP contribution < -0.4 is 4.90 Å². The van der Waals surface area contributed by atoms with Crippen LogP contribution in [0.3, 0.4) is 0 Å². The molecule has 1 aliphatic heterocycles. The molecule has 0 spiro atoms. The van der Waals surface area contributed by atoms with Crippen LogP contribution in [-0.4, -0.2) is 37.0 Å². The van der Waals surface area contributed by atoms with Crippen LogP contribution in [0, 0.1) is 0 Å². The Bertz CT molecular complexity index is 670. The minimum absolute atomic E-state index is 0.00483. The lowest BCUT2D eigenvalue weighted by atomic mass is 10.1. The topological polar surface area (TPSA) is 23.6 Å². The summed E-state index contributed by atoms with van der Waals surface area (Å²) < 4.78 is 0.878. The number of hydrogen-bond donors (Lipinski definition) is 0. The van der Waals surface area contributed by atoms with E-state index < -0.39 is 0 Å². The molecule has 0 N–H and O–H groups in total. The first-order chi connectivity index (χ1) is 10.6. The molecule has 3 rings (SSSR count). The first-order valence-electron chi connectivity index (χ1n) is 7.19. The third-order valence-electron chi connectivity index (χ3n) is 3.85. The Labute approximate surface area is 143 Å². The van der Waals surface area contributed by atoms with Gasteiger partial charge >= 0.3 is 0 Å². The standard InChI is InChI=1S/C17H16BrClN2O/c18-13-6-7-15(16(19)12-13)17(22)21-10-8-20(9-11-21)14-4-2-1-3-5-14/h1-7,12H,8-11H2. The van der Waals surface area contributed by atoms with E-state index in [0.717, 1.165) is 17.6 Å². The highest BCUT2D eigenvalue weighted by molar-refractivity contribution is 9.10. The molecule has 2 aromatic rings. The van der Waals surface area contributed by atoms with Crippen LogP contribution in [0.2, 0.25) is 5.02 Å². The summed E-state index contributed by atoms with van der Waals surface area (Å²) in [4.78, 5) is 16.8. The lowest BCUT2D eigenvalue weighted by Crippen LogP contribution is -2.48. The van der Waals surface area contributed by atoms with Crippen LogP contribution >= 0.6 is 27.5 Å². The van der Waals surface area contributed by atoms with Gasteiger partial charge in [-0.1, -0.05) is 45.7 Å². The normalized spacial score (nSPS) is 15.0. The molecule has 114 valence electrons. The molecular weight excluding hydrogens is 364 g/mol. The number of nitrogens with zero attached hydrogens (tertiary/aromatic N) is 2. The van der Waals surface area contributed by atoms with E-state index in [1.54, 1.807) is 12.1 Å². The number of piperazine rings is 1. The first-order valence-corrected chi connectivity index (χ1v) is 8.36. The lowest BCUT2D eigenvalue weighted by Gasteiger charge is -2.36. The summed E-state index contributed by atoms with van der Waals surface area (Å²) in [6.07, 6.45) is 0. The molecule has 0 atom stereocenters. The predicted molar refractivity (Wildman–Crippen MR) is 93.7 cm³/mol. The third-order valence-corrected chi connectivity index (χ3v) is 4.66. The van der Waals surface area contributed by atoms with Crippen LogP contribution in [0.25, 0.3) is 0 Å². The Hall–Kier alpha value is -1.52. The maximum absolute atomic E-state index is 12.6. The van der Waals surface area contributed by atoms with Gasteiger partial charge in [0.2, 0.25) is 0 Å². The fourth-order valence-electron chi connectivity index (χ4n) is 2.64. The number of anilines is 1. The molecule has 1 fully saturated rings. The zero-order chi connectivity index (χ0) is 15.5. The van der Waals surface area contributed by atoms with Crippen molar-refractivity contribution in [2.75, 3.05) is 31.1 Å². The lowest BCUT2D eigenvalue weighted by molar-refractivity contribution is 0.0747. The zero-order valence-corrected chi connectivity index (χ0v) is 14.3. The molecule has 0 bridgehead atoms. The molecule has 2 aromatic carbocycles. The van der Waals surface area contributed by atoms with Gasteiger partial charge in [-0.25, -0.2) is 0 Å². The van der Waals surface area contributed by atoms with Crippen molar-refractivity contribution in [1.82, 2.24) is 4.90 Å². The summed E-state index contributed by atoms with van der Waals surface area (Å²) in [5.41, 5.74) is 1.77. The molecule has 0 saturated carbocycles.